The predicted molar refractivity (Wildman–Crippen MR) is 104 cm³/mol. The van der Waals surface area contributed by atoms with Gasteiger partial charge in [0.15, 0.2) is 0 Å². The van der Waals surface area contributed by atoms with Gasteiger partial charge >= 0.3 is 0 Å². The Balaban J connectivity index is 1.78. The molecule has 1 aliphatic heterocycles. The number of halogens is 1. The highest BCUT2D eigenvalue weighted by Crippen LogP contribution is 2.33. The predicted octanol–water partition coefficient (Wildman–Crippen LogP) is 4.24. The number of rotatable bonds is 3. The Bertz CT molecular complexity index is 815. The topological polar surface area (TPSA) is 49.4 Å². The molecule has 0 aromatic heterocycles. The van der Waals surface area contributed by atoms with Crippen molar-refractivity contribution in [2.24, 2.45) is 0 Å². The molecule has 0 atom stereocenters. The lowest BCUT2D eigenvalue weighted by Gasteiger charge is -2.31. The second-order valence-electron chi connectivity index (χ2n) is 6.43. The first-order valence-electron chi connectivity index (χ1n) is 8.40. The van der Waals surface area contributed by atoms with Gasteiger partial charge in [0.25, 0.3) is 0 Å². The molecule has 0 saturated heterocycles. The van der Waals surface area contributed by atoms with E-state index in [-0.39, 0.29) is 11.8 Å². The number of anilines is 2. The molecule has 25 heavy (non-hydrogen) atoms. The number of fused-ring (bicyclic) bond motifs is 1. The van der Waals surface area contributed by atoms with Crippen molar-refractivity contribution in [1.82, 2.24) is 0 Å². The standard InChI is InChI=1S/C20H21BrN2O2/c1-13-10-17(21)12-16-4-3-9-23(20(13)16)19(25)11-15-5-7-18(8-6-15)22-14(2)24/h5-8,10,12H,3-4,9,11H2,1-2H3,(H,22,24). The quantitative estimate of drug-likeness (QED) is 0.837. The molecule has 0 bridgehead atoms. The summed E-state index contributed by atoms with van der Waals surface area (Å²) >= 11 is 3.54. The third-order valence-electron chi connectivity index (χ3n) is 4.37. The van der Waals surface area contributed by atoms with Crippen LogP contribution in [0.4, 0.5) is 11.4 Å². The third-order valence-corrected chi connectivity index (χ3v) is 4.83. The lowest BCUT2D eigenvalue weighted by atomic mass is 9.97. The molecule has 0 saturated carbocycles. The lowest BCUT2D eigenvalue weighted by molar-refractivity contribution is -0.118. The average Bonchev–Trinajstić information content (AvgIpc) is 2.55. The van der Waals surface area contributed by atoms with Gasteiger partial charge in [-0.1, -0.05) is 28.1 Å². The molecule has 2 amide bonds. The van der Waals surface area contributed by atoms with Gasteiger partial charge in [-0.15, -0.1) is 0 Å². The minimum Gasteiger partial charge on any atom is -0.326 e. The zero-order valence-corrected chi connectivity index (χ0v) is 16.0. The Hall–Kier alpha value is -2.14. The Morgan fingerprint density at radius 1 is 1.20 bits per heavy atom. The Morgan fingerprint density at radius 2 is 1.92 bits per heavy atom. The summed E-state index contributed by atoms with van der Waals surface area (Å²) in [4.78, 5) is 25.9. The van der Waals surface area contributed by atoms with Crippen molar-refractivity contribution >= 4 is 39.1 Å². The van der Waals surface area contributed by atoms with Crippen LogP contribution in [0.1, 0.15) is 30.0 Å². The molecular weight excluding hydrogens is 380 g/mol. The van der Waals surface area contributed by atoms with Crippen molar-refractivity contribution in [3.63, 3.8) is 0 Å². The molecule has 0 aliphatic carbocycles. The van der Waals surface area contributed by atoms with E-state index in [1.54, 1.807) is 0 Å². The molecule has 1 heterocycles. The molecular formula is C20H21BrN2O2. The highest BCUT2D eigenvalue weighted by Gasteiger charge is 2.24. The van der Waals surface area contributed by atoms with Gasteiger partial charge in [0, 0.05) is 29.3 Å². The van der Waals surface area contributed by atoms with Crippen molar-refractivity contribution in [3.05, 3.63) is 57.6 Å². The lowest BCUT2D eigenvalue weighted by Crippen LogP contribution is -2.37. The Kier molecular flexibility index (Phi) is 5.23. The van der Waals surface area contributed by atoms with Gasteiger partial charge < -0.3 is 10.2 Å². The highest BCUT2D eigenvalue weighted by atomic mass is 79.9. The van der Waals surface area contributed by atoms with Crippen LogP contribution >= 0.6 is 15.9 Å². The number of nitrogens with zero attached hydrogens (tertiary/aromatic N) is 1. The highest BCUT2D eigenvalue weighted by molar-refractivity contribution is 9.10. The van der Waals surface area contributed by atoms with Crippen LogP contribution in [-0.4, -0.2) is 18.4 Å². The smallest absolute Gasteiger partial charge is 0.231 e. The summed E-state index contributed by atoms with van der Waals surface area (Å²) in [5.74, 6) is 0.00837. The first kappa shape index (κ1) is 17.7. The van der Waals surface area contributed by atoms with Gasteiger partial charge in [0.2, 0.25) is 11.8 Å². The van der Waals surface area contributed by atoms with Crippen LogP contribution in [-0.2, 0) is 22.4 Å². The van der Waals surface area contributed by atoms with Crippen LogP contribution < -0.4 is 10.2 Å². The fourth-order valence-corrected chi connectivity index (χ4v) is 3.97. The minimum atomic E-state index is -0.101. The van der Waals surface area contributed by atoms with E-state index in [9.17, 15) is 9.59 Å². The third kappa shape index (κ3) is 4.10. The first-order chi connectivity index (χ1) is 11.9. The van der Waals surface area contributed by atoms with E-state index in [0.717, 1.165) is 46.4 Å². The van der Waals surface area contributed by atoms with Crippen LogP contribution in [0.3, 0.4) is 0 Å². The number of aryl methyl sites for hydroxylation is 2. The van der Waals surface area contributed by atoms with Crippen LogP contribution in [0.25, 0.3) is 0 Å². The maximum atomic E-state index is 12.9. The fraction of sp³-hybridized carbons (Fsp3) is 0.300. The van der Waals surface area contributed by atoms with Crippen molar-refractivity contribution in [3.8, 4) is 0 Å². The number of hydrogen-bond donors (Lipinski definition) is 1. The van der Waals surface area contributed by atoms with E-state index >= 15 is 0 Å². The molecule has 3 rings (SSSR count). The summed E-state index contributed by atoms with van der Waals surface area (Å²) in [7, 11) is 0. The van der Waals surface area contributed by atoms with E-state index in [1.165, 1.54) is 12.5 Å². The summed E-state index contributed by atoms with van der Waals surface area (Å²) in [6.07, 6.45) is 2.34. The molecule has 5 heteroatoms. The molecule has 130 valence electrons. The molecule has 2 aromatic rings. The molecule has 1 N–H and O–H groups in total. The van der Waals surface area contributed by atoms with E-state index in [1.807, 2.05) is 29.2 Å². The van der Waals surface area contributed by atoms with Gasteiger partial charge in [0.1, 0.15) is 0 Å². The largest absolute Gasteiger partial charge is 0.326 e. The van der Waals surface area contributed by atoms with E-state index in [2.05, 4.69) is 40.3 Å². The number of amides is 2. The van der Waals surface area contributed by atoms with Crippen molar-refractivity contribution in [2.75, 3.05) is 16.8 Å². The maximum Gasteiger partial charge on any atom is 0.231 e. The summed E-state index contributed by atoms with van der Waals surface area (Å²) in [5, 5.41) is 2.74. The fourth-order valence-electron chi connectivity index (χ4n) is 3.35. The zero-order chi connectivity index (χ0) is 18.0. The summed E-state index contributed by atoms with van der Waals surface area (Å²) < 4.78 is 1.06. The minimum absolute atomic E-state index is 0.101. The average molecular weight is 401 g/mol. The van der Waals surface area contributed by atoms with Gasteiger partial charge in [-0.25, -0.2) is 0 Å². The molecule has 0 fully saturated rings. The molecule has 0 unspecified atom stereocenters. The second kappa shape index (κ2) is 7.40. The number of benzene rings is 2. The molecule has 0 spiro atoms. The van der Waals surface area contributed by atoms with Gasteiger partial charge in [-0.2, -0.15) is 0 Å². The van der Waals surface area contributed by atoms with Gasteiger partial charge in [-0.3, -0.25) is 9.59 Å². The first-order valence-corrected chi connectivity index (χ1v) is 9.19. The number of carbonyl (C=O) groups excluding carboxylic acids is 2. The zero-order valence-electron chi connectivity index (χ0n) is 14.4. The molecule has 2 aromatic carbocycles. The number of carbonyl (C=O) groups is 2. The summed E-state index contributed by atoms with van der Waals surface area (Å²) in [6, 6.07) is 11.6. The van der Waals surface area contributed by atoms with Crippen LogP contribution in [0.15, 0.2) is 40.9 Å². The van der Waals surface area contributed by atoms with E-state index in [0.29, 0.717) is 6.42 Å². The maximum absolute atomic E-state index is 12.9. The van der Waals surface area contributed by atoms with Gasteiger partial charge in [0.05, 0.1) is 6.42 Å². The summed E-state index contributed by atoms with van der Waals surface area (Å²) in [5.41, 5.74) is 5.11. The van der Waals surface area contributed by atoms with E-state index < -0.39 is 0 Å². The normalized spacial score (nSPS) is 13.3. The van der Waals surface area contributed by atoms with Gasteiger partial charge in [-0.05, 0) is 60.7 Å². The molecule has 0 radical (unpaired) electrons. The van der Waals surface area contributed by atoms with Crippen LogP contribution in [0.5, 0.6) is 0 Å². The SMILES string of the molecule is CC(=O)Nc1ccc(CC(=O)N2CCCc3cc(Br)cc(C)c32)cc1. The number of nitrogens with one attached hydrogen (secondary N) is 1. The molecule has 4 nitrogen and oxygen atoms in total. The van der Waals surface area contributed by atoms with Crippen molar-refractivity contribution in [1.29, 1.82) is 0 Å². The molecule has 1 aliphatic rings. The van der Waals surface area contributed by atoms with Crippen LogP contribution in [0, 0.1) is 6.92 Å². The van der Waals surface area contributed by atoms with Crippen molar-refractivity contribution in [2.45, 2.75) is 33.1 Å². The van der Waals surface area contributed by atoms with Crippen molar-refractivity contribution < 1.29 is 9.59 Å². The summed E-state index contributed by atoms with van der Waals surface area (Å²) in [6.45, 7) is 4.29. The Labute approximate surface area is 156 Å². The van der Waals surface area contributed by atoms with E-state index in [4.69, 9.17) is 0 Å². The Morgan fingerprint density at radius 3 is 2.60 bits per heavy atom. The number of hydrogen-bond acceptors (Lipinski definition) is 2. The van der Waals surface area contributed by atoms with Crippen LogP contribution in [0.2, 0.25) is 0 Å². The monoisotopic (exact) mass is 400 g/mol. The second-order valence-corrected chi connectivity index (χ2v) is 7.35.